The molecule has 116 valence electrons. The molecule has 0 bridgehead atoms. The van der Waals surface area contributed by atoms with E-state index in [1.165, 1.54) is 16.7 Å². The van der Waals surface area contributed by atoms with Crippen molar-refractivity contribution < 1.29 is 0 Å². The molecule has 0 unspecified atom stereocenters. The van der Waals surface area contributed by atoms with E-state index >= 15 is 0 Å². The SMILES string of the molecule is Cc1ccc(C#Cc2cc(C)c(C#Cc3ccc(C)cc3)s2)cc1. The fourth-order valence-corrected chi connectivity index (χ4v) is 3.08. The van der Waals surface area contributed by atoms with E-state index in [0.29, 0.717) is 0 Å². The fraction of sp³-hybridized carbons (Fsp3) is 0.130. The molecule has 1 heterocycles. The maximum absolute atomic E-state index is 3.28. The lowest BCUT2D eigenvalue weighted by molar-refractivity contribution is 1.46. The van der Waals surface area contributed by atoms with E-state index in [4.69, 9.17) is 0 Å². The van der Waals surface area contributed by atoms with Gasteiger partial charge in [-0.2, -0.15) is 0 Å². The van der Waals surface area contributed by atoms with Gasteiger partial charge in [-0.3, -0.25) is 0 Å². The van der Waals surface area contributed by atoms with Gasteiger partial charge in [0.05, 0.1) is 9.75 Å². The minimum atomic E-state index is 1.04. The van der Waals surface area contributed by atoms with Gasteiger partial charge in [0.25, 0.3) is 0 Å². The van der Waals surface area contributed by atoms with Gasteiger partial charge in [0.15, 0.2) is 0 Å². The molecule has 0 fully saturated rings. The Hall–Kier alpha value is -2.74. The summed E-state index contributed by atoms with van der Waals surface area (Å²) in [6.45, 7) is 6.26. The van der Waals surface area contributed by atoms with Gasteiger partial charge in [-0.15, -0.1) is 11.3 Å². The van der Waals surface area contributed by atoms with Crippen LogP contribution in [0.2, 0.25) is 0 Å². The Kier molecular flexibility index (Phi) is 4.85. The molecule has 0 radical (unpaired) electrons. The second kappa shape index (κ2) is 7.22. The second-order valence-electron chi connectivity index (χ2n) is 5.85. The molecule has 3 aromatic rings. The molecule has 0 atom stereocenters. The van der Waals surface area contributed by atoms with Gasteiger partial charge in [-0.25, -0.2) is 0 Å². The monoisotopic (exact) mass is 326 g/mol. The number of hydrogen-bond donors (Lipinski definition) is 0. The fourth-order valence-electron chi connectivity index (χ4n) is 2.20. The summed E-state index contributed by atoms with van der Waals surface area (Å²) >= 11 is 1.66. The first-order valence-electron chi connectivity index (χ1n) is 7.88. The Morgan fingerprint density at radius 3 is 1.67 bits per heavy atom. The molecule has 1 heteroatoms. The first-order valence-corrected chi connectivity index (χ1v) is 8.69. The molecule has 0 saturated carbocycles. The maximum atomic E-state index is 3.28. The van der Waals surface area contributed by atoms with Crippen molar-refractivity contribution in [2.45, 2.75) is 20.8 Å². The zero-order valence-corrected chi connectivity index (χ0v) is 14.9. The number of benzene rings is 2. The summed E-state index contributed by atoms with van der Waals surface area (Å²) in [5, 5.41) is 0. The first-order chi connectivity index (χ1) is 11.6. The van der Waals surface area contributed by atoms with Crippen molar-refractivity contribution in [3.05, 3.63) is 92.2 Å². The van der Waals surface area contributed by atoms with Crippen molar-refractivity contribution in [2.75, 3.05) is 0 Å². The van der Waals surface area contributed by atoms with Crippen molar-refractivity contribution >= 4 is 11.3 Å². The lowest BCUT2D eigenvalue weighted by Gasteiger charge is -1.91. The molecule has 1 aromatic heterocycles. The third kappa shape index (κ3) is 4.17. The Bertz CT molecular complexity index is 963. The molecular weight excluding hydrogens is 308 g/mol. The van der Waals surface area contributed by atoms with Crippen LogP contribution in [-0.2, 0) is 0 Å². The highest BCUT2D eigenvalue weighted by Crippen LogP contribution is 2.20. The van der Waals surface area contributed by atoms with E-state index < -0.39 is 0 Å². The lowest BCUT2D eigenvalue weighted by atomic mass is 10.1. The number of hydrogen-bond acceptors (Lipinski definition) is 1. The molecule has 24 heavy (non-hydrogen) atoms. The maximum Gasteiger partial charge on any atom is 0.0814 e. The summed E-state index contributed by atoms with van der Waals surface area (Å²) in [6.07, 6.45) is 0. The highest BCUT2D eigenvalue weighted by Gasteiger charge is 2.01. The normalized spacial score (nSPS) is 9.62. The molecule has 3 rings (SSSR count). The van der Waals surface area contributed by atoms with E-state index in [-0.39, 0.29) is 0 Å². The van der Waals surface area contributed by atoms with Crippen molar-refractivity contribution in [2.24, 2.45) is 0 Å². The largest absolute Gasteiger partial charge is 0.118 e. The highest BCUT2D eigenvalue weighted by molar-refractivity contribution is 7.13. The van der Waals surface area contributed by atoms with Crippen LogP contribution in [0.25, 0.3) is 0 Å². The molecule has 0 saturated heterocycles. The van der Waals surface area contributed by atoms with E-state index in [0.717, 1.165) is 20.9 Å². The molecule has 2 aromatic carbocycles. The standard InChI is InChI=1S/C23H18S/c1-17-4-8-20(9-5-17)12-14-22-16-19(3)23(24-22)15-13-21-10-6-18(2)7-11-21/h4-11,16H,1-3H3. The molecule has 0 aliphatic rings. The van der Waals surface area contributed by atoms with E-state index in [1.807, 2.05) is 0 Å². The van der Waals surface area contributed by atoms with Gasteiger partial charge >= 0.3 is 0 Å². The smallest absolute Gasteiger partial charge is 0.0814 e. The molecule has 0 spiro atoms. The van der Waals surface area contributed by atoms with Crippen molar-refractivity contribution in [3.63, 3.8) is 0 Å². The Labute approximate surface area is 148 Å². The van der Waals surface area contributed by atoms with Crippen LogP contribution in [-0.4, -0.2) is 0 Å². The molecule has 0 N–H and O–H groups in total. The van der Waals surface area contributed by atoms with Crippen molar-refractivity contribution in [1.29, 1.82) is 0 Å². The summed E-state index contributed by atoms with van der Waals surface area (Å²) in [6, 6.07) is 18.7. The molecular formula is C23H18S. The minimum Gasteiger partial charge on any atom is -0.118 e. The Balaban J connectivity index is 1.81. The first kappa shape index (κ1) is 16.1. The summed E-state index contributed by atoms with van der Waals surface area (Å²) < 4.78 is 0. The average Bonchev–Trinajstić information content (AvgIpc) is 2.94. The minimum absolute atomic E-state index is 1.04. The van der Waals surface area contributed by atoms with Crippen molar-refractivity contribution in [1.82, 2.24) is 0 Å². The number of aryl methyl sites for hydroxylation is 3. The van der Waals surface area contributed by atoms with E-state index in [9.17, 15) is 0 Å². The summed E-state index contributed by atoms with van der Waals surface area (Å²) in [4.78, 5) is 2.14. The zero-order chi connectivity index (χ0) is 16.9. The summed E-state index contributed by atoms with van der Waals surface area (Å²) in [5.41, 5.74) is 5.77. The summed E-state index contributed by atoms with van der Waals surface area (Å²) in [7, 11) is 0. The van der Waals surface area contributed by atoms with Crippen LogP contribution in [0.3, 0.4) is 0 Å². The van der Waals surface area contributed by atoms with Crippen LogP contribution in [0, 0.1) is 44.5 Å². The number of thiophene rings is 1. The molecule has 0 aliphatic carbocycles. The predicted octanol–water partition coefficient (Wildman–Crippen LogP) is 5.47. The van der Waals surface area contributed by atoms with Gasteiger partial charge in [0, 0.05) is 11.1 Å². The van der Waals surface area contributed by atoms with Crippen LogP contribution in [0.15, 0.2) is 54.6 Å². The van der Waals surface area contributed by atoms with Crippen LogP contribution in [0.1, 0.15) is 37.6 Å². The number of rotatable bonds is 0. The molecule has 0 nitrogen and oxygen atoms in total. The van der Waals surface area contributed by atoms with E-state index in [2.05, 4.69) is 99.1 Å². The molecule has 0 aliphatic heterocycles. The van der Waals surface area contributed by atoms with Crippen LogP contribution in [0.5, 0.6) is 0 Å². The van der Waals surface area contributed by atoms with Crippen LogP contribution in [0.4, 0.5) is 0 Å². The van der Waals surface area contributed by atoms with Crippen molar-refractivity contribution in [3.8, 4) is 23.7 Å². The Morgan fingerprint density at radius 2 is 1.12 bits per heavy atom. The quantitative estimate of drug-likeness (QED) is 0.480. The lowest BCUT2D eigenvalue weighted by Crippen LogP contribution is -1.76. The van der Waals surface area contributed by atoms with Gasteiger partial charge < -0.3 is 0 Å². The van der Waals surface area contributed by atoms with E-state index in [1.54, 1.807) is 11.3 Å². The van der Waals surface area contributed by atoms with Gasteiger partial charge in [-0.05, 0) is 56.7 Å². The van der Waals surface area contributed by atoms with Gasteiger partial charge in [0.1, 0.15) is 0 Å². The topological polar surface area (TPSA) is 0 Å². The highest BCUT2D eigenvalue weighted by atomic mass is 32.1. The molecule has 0 amide bonds. The average molecular weight is 326 g/mol. The second-order valence-corrected chi connectivity index (χ2v) is 6.91. The summed E-state index contributed by atoms with van der Waals surface area (Å²) in [5.74, 6) is 13.0. The van der Waals surface area contributed by atoms with Crippen LogP contribution < -0.4 is 0 Å². The van der Waals surface area contributed by atoms with Gasteiger partial charge in [0.2, 0.25) is 0 Å². The third-order valence-electron chi connectivity index (χ3n) is 3.67. The van der Waals surface area contributed by atoms with Gasteiger partial charge in [-0.1, -0.05) is 59.1 Å². The Morgan fingerprint density at radius 1 is 0.625 bits per heavy atom. The predicted molar refractivity (Wildman–Crippen MR) is 103 cm³/mol. The third-order valence-corrected chi connectivity index (χ3v) is 4.74. The van der Waals surface area contributed by atoms with Crippen LogP contribution >= 0.6 is 11.3 Å². The zero-order valence-electron chi connectivity index (χ0n) is 14.1.